The van der Waals surface area contributed by atoms with Crippen LogP contribution in [-0.2, 0) is 9.59 Å². The Kier molecular flexibility index (Phi) is 7.33. The molecule has 4 aliphatic carbocycles. The molecule has 0 unspecified atom stereocenters. The van der Waals surface area contributed by atoms with Gasteiger partial charge in [0.1, 0.15) is 0 Å². The van der Waals surface area contributed by atoms with Crippen LogP contribution in [0.4, 0.5) is 0 Å². The first-order valence-corrected chi connectivity index (χ1v) is 12.5. The van der Waals surface area contributed by atoms with E-state index in [0.29, 0.717) is 47.3 Å². The van der Waals surface area contributed by atoms with Gasteiger partial charge in [0.2, 0.25) is 5.91 Å². The lowest BCUT2D eigenvalue weighted by atomic mass is 9.49. The van der Waals surface area contributed by atoms with Gasteiger partial charge in [0, 0.05) is 11.0 Å². The Morgan fingerprint density at radius 1 is 1.00 bits per heavy atom. The molecule has 1 aromatic carbocycles. The monoisotopic (exact) mass is 471 g/mol. The van der Waals surface area contributed by atoms with Crippen molar-refractivity contribution in [2.24, 2.45) is 29.1 Å². The van der Waals surface area contributed by atoms with E-state index in [9.17, 15) is 14.4 Å². The van der Waals surface area contributed by atoms with E-state index < -0.39 is 11.8 Å². The van der Waals surface area contributed by atoms with Gasteiger partial charge in [-0.25, -0.2) is 0 Å². The molecule has 0 spiro atoms. The molecule has 4 aliphatic rings. The van der Waals surface area contributed by atoms with Crippen LogP contribution in [-0.4, -0.2) is 38.0 Å². The molecule has 0 atom stereocenters. The molecule has 34 heavy (non-hydrogen) atoms. The van der Waals surface area contributed by atoms with Crippen LogP contribution in [0.5, 0.6) is 11.5 Å². The van der Waals surface area contributed by atoms with Crippen LogP contribution in [0.1, 0.15) is 69.2 Å². The molecule has 8 nitrogen and oxygen atoms in total. The van der Waals surface area contributed by atoms with Gasteiger partial charge in [-0.2, -0.15) is 0 Å². The zero-order valence-electron chi connectivity index (χ0n) is 20.4. The van der Waals surface area contributed by atoms with E-state index in [0.717, 1.165) is 25.7 Å². The number of ether oxygens (including phenoxy) is 2. The number of hydrogen-bond donors (Lipinski definition) is 3. The zero-order valence-corrected chi connectivity index (χ0v) is 20.4. The van der Waals surface area contributed by atoms with Crippen LogP contribution in [0.2, 0.25) is 0 Å². The number of hydrazine groups is 1. The summed E-state index contributed by atoms with van der Waals surface area (Å²) in [6, 6.07) is 4.87. The molecule has 186 valence electrons. The van der Waals surface area contributed by atoms with Crippen LogP contribution in [0.25, 0.3) is 0 Å². The van der Waals surface area contributed by atoms with Crippen molar-refractivity contribution in [3.05, 3.63) is 23.8 Å². The first-order chi connectivity index (χ1) is 16.3. The van der Waals surface area contributed by atoms with Crippen LogP contribution < -0.4 is 25.6 Å². The number of nitrogens with one attached hydrogen (secondary N) is 3. The van der Waals surface area contributed by atoms with Crippen molar-refractivity contribution >= 4 is 17.7 Å². The molecule has 5 rings (SSSR count). The van der Waals surface area contributed by atoms with E-state index in [-0.39, 0.29) is 17.9 Å². The van der Waals surface area contributed by atoms with E-state index in [1.165, 1.54) is 26.4 Å². The summed E-state index contributed by atoms with van der Waals surface area (Å²) < 4.78 is 11.1. The highest BCUT2D eigenvalue weighted by Gasteiger charge is 2.54. The lowest BCUT2D eigenvalue weighted by molar-refractivity contribution is -0.147. The highest BCUT2D eigenvalue weighted by molar-refractivity contribution is 5.96. The summed E-state index contributed by atoms with van der Waals surface area (Å²) in [6.07, 6.45) is 7.53. The maximum Gasteiger partial charge on any atom is 0.269 e. The molecule has 4 fully saturated rings. The number of amides is 3. The average Bonchev–Trinajstić information content (AvgIpc) is 2.80. The van der Waals surface area contributed by atoms with Crippen molar-refractivity contribution in [3.63, 3.8) is 0 Å². The summed E-state index contributed by atoms with van der Waals surface area (Å²) >= 11 is 0. The fourth-order valence-electron chi connectivity index (χ4n) is 6.31. The van der Waals surface area contributed by atoms with E-state index >= 15 is 0 Å². The minimum Gasteiger partial charge on any atom is -0.493 e. The molecular formula is C26H37N3O5. The van der Waals surface area contributed by atoms with Crippen LogP contribution in [0.3, 0.4) is 0 Å². The second kappa shape index (κ2) is 10.2. The number of benzene rings is 1. The second-order valence-corrected chi connectivity index (χ2v) is 10.8. The number of methoxy groups -OCH3 is 1. The Bertz CT molecular complexity index is 894. The van der Waals surface area contributed by atoms with Gasteiger partial charge in [0.15, 0.2) is 11.5 Å². The quantitative estimate of drug-likeness (QED) is 0.480. The Morgan fingerprint density at radius 3 is 2.24 bits per heavy atom. The van der Waals surface area contributed by atoms with Crippen LogP contribution in [0.15, 0.2) is 18.2 Å². The normalized spacial score (nSPS) is 26.8. The topological polar surface area (TPSA) is 106 Å². The van der Waals surface area contributed by atoms with Crippen LogP contribution in [0, 0.1) is 29.1 Å². The fraction of sp³-hybridized carbons (Fsp3) is 0.654. The summed E-state index contributed by atoms with van der Waals surface area (Å²) in [5.74, 6) is 2.57. The van der Waals surface area contributed by atoms with Gasteiger partial charge in [0.25, 0.3) is 11.8 Å². The number of hydrogen-bond acceptors (Lipinski definition) is 5. The minimum atomic E-state index is -0.479. The predicted octanol–water partition coefficient (Wildman–Crippen LogP) is 3.21. The van der Waals surface area contributed by atoms with Crippen molar-refractivity contribution in [1.29, 1.82) is 0 Å². The highest BCUT2D eigenvalue weighted by atomic mass is 16.5. The Balaban J connectivity index is 1.24. The predicted molar refractivity (Wildman–Crippen MR) is 127 cm³/mol. The maximum absolute atomic E-state index is 13.0. The summed E-state index contributed by atoms with van der Waals surface area (Å²) in [6.45, 7) is 4.64. The van der Waals surface area contributed by atoms with Crippen molar-refractivity contribution < 1.29 is 23.9 Å². The largest absolute Gasteiger partial charge is 0.493 e. The summed E-state index contributed by atoms with van der Waals surface area (Å²) in [4.78, 5) is 37.7. The van der Waals surface area contributed by atoms with E-state index in [1.807, 2.05) is 0 Å². The second-order valence-electron chi connectivity index (χ2n) is 10.8. The van der Waals surface area contributed by atoms with Gasteiger partial charge in [-0.3, -0.25) is 25.2 Å². The van der Waals surface area contributed by atoms with Gasteiger partial charge >= 0.3 is 0 Å². The molecule has 4 bridgehead atoms. The summed E-state index contributed by atoms with van der Waals surface area (Å²) in [5, 5.41) is 2.82. The molecule has 0 aromatic heterocycles. The fourth-order valence-corrected chi connectivity index (χ4v) is 6.31. The van der Waals surface area contributed by atoms with Gasteiger partial charge in [0.05, 0.1) is 20.3 Å². The Morgan fingerprint density at radius 2 is 1.65 bits per heavy atom. The third-order valence-electron chi connectivity index (χ3n) is 7.62. The number of carbonyl (C=O) groups excluding carboxylic acids is 3. The summed E-state index contributed by atoms with van der Waals surface area (Å²) in [7, 11) is 1.51. The van der Waals surface area contributed by atoms with Gasteiger partial charge in [-0.15, -0.1) is 0 Å². The number of rotatable bonds is 9. The highest BCUT2D eigenvalue weighted by Crippen LogP contribution is 2.60. The molecular weight excluding hydrogens is 434 g/mol. The third kappa shape index (κ3) is 5.47. The Hall–Kier alpha value is -2.77. The van der Waals surface area contributed by atoms with Crippen molar-refractivity contribution in [2.75, 3.05) is 20.3 Å². The lowest BCUT2D eigenvalue weighted by Crippen LogP contribution is -2.55. The SMILES string of the molecule is COc1cc(C(=O)NNC(=O)CNC(=O)C23CC4CC(CC(C4)C2)C3)ccc1OCCC(C)C. The molecule has 1 aromatic rings. The van der Waals surface area contributed by atoms with Gasteiger partial charge in [-0.05, 0) is 86.8 Å². The third-order valence-corrected chi connectivity index (χ3v) is 7.62. The maximum atomic E-state index is 13.0. The summed E-state index contributed by atoms with van der Waals surface area (Å²) in [5.41, 5.74) is 4.81. The molecule has 3 amide bonds. The number of carbonyl (C=O) groups is 3. The first-order valence-electron chi connectivity index (χ1n) is 12.5. The molecule has 4 saturated carbocycles. The Labute approximate surface area is 201 Å². The van der Waals surface area contributed by atoms with Crippen LogP contribution >= 0.6 is 0 Å². The van der Waals surface area contributed by atoms with E-state index in [1.54, 1.807) is 18.2 Å². The molecule has 3 N–H and O–H groups in total. The van der Waals surface area contributed by atoms with Crippen molar-refractivity contribution in [3.8, 4) is 11.5 Å². The average molecular weight is 472 g/mol. The molecule has 0 heterocycles. The standard InChI is InChI=1S/C26H37N3O5/c1-16(2)6-7-34-21-5-4-20(11-22(21)33-3)24(31)29-28-23(30)15-27-25(32)26-12-17-8-18(13-26)10-19(9-17)14-26/h4-5,11,16-19H,6-10,12-15H2,1-3H3,(H,27,32)(H,28,30)(H,29,31). The molecule has 0 aliphatic heterocycles. The van der Waals surface area contributed by atoms with E-state index in [2.05, 4.69) is 30.0 Å². The minimum absolute atomic E-state index is 0.00846. The molecule has 8 heteroatoms. The molecule has 0 radical (unpaired) electrons. The zero-order chi connectivity index (χ0) is 24.3. The smallest absolute Gasteiger partial charge is 0.269 e. The van der Waals surface area contributed by atoms with Gasteiger partial charge < -0.3 is 14.8 Å². The van der Waals surface area contributed by atoms with E-state index in [4.69, 9.17) is 9.47 Å². The lowest BCUT2D eigenvalue weighted by Gasteiger charge is -2.55. The van der Waals surface area contributed by atoms with Crippen molar-refractivity contribution in [1.82, 2.24) is 16.2 Å². The van der Waals surface area contributed by atoms with Crippen molar-refractivity contribution in [2.45, 2.75) is 58.8 Å². The molecule has 0 saturated heterocycles. The first kappa shape index (κ1) is 24.4. The van der Waals surface area contributed by atoms with Gasteiger partial charge in [-0.1, -0.05) is 13.8 Å².